The second-order valence-corrected chi connectivity index (χ2v) is 3.97. The lowest BCUT2D eigenvalue weighted by molar-refractivity contribution is 0.423. The highest BCUT2D eigenvalue weighted by atomic mass is 35.5. The lowest BCUT2D eigenvalue weighted by Crippen LogP contribution is -1.83. The topological polar surface area (TPSA) is 59.2 Å². The number of halogens is 2. The van der Waals surface area contributed by atoms with Crippen LogP contribution in [0, 0.1) is 0 Å². The van der Waals surface area contributed by atoms with Crippen LogP contribution in [-0.4, -0.2) is 15.2 Å². The van der Waals surface area contributed by atoms with Crippen molar-refractivity contribution in [2.45, 2.75) is 13.3 Å². The fraction of sp³-hybridized carbons (Fsp3) is 0.200. The van der Waals surface area contributed by atoms with Crippen LogP contribution in [0.15, 0.2) is 16.7 Å². The van der Waals surface area contributed by atoms with E-state index in [0.29, 0.717) is 23.7 Å². The van der Waals surface area contributed by atoms with E-state index in [1.54, 1.807) is 0 Å². The van der Waals surface area contributed by atoms with Gasteiger partial charge in [-0.15, -0.1) is 0 Å². The Hall–Kier alpha value is -1.26. The summed E-state index contributed by atoms with van der Waals surface area (Å²) >= 11 is 11.6. The number of aromatic nitrogens is 2. The summed E-state index contributed by atoms with van der Waals surface area (Å²) in [7, 11) is 0. The fourth-order valence-corrected chi connectivity index (χ4v) is 1.69. The molecule has 0 aliphatic rings. The van der Waals surface area contributed by atoms with Crippen LogP contribution in [0.5, 0.6) is 5.75 Å². The van der Waals surface area contributed by atoms with E-state index in [-0.39, 0.29) is 15.8 Å². The minimum atomic E-state index is -0.151. The number of nitrogens with zero attached hydrogens (tertiary/aromatic N) is 2. The van der Waals surface area contributed by atoms with E-state index < -0.39 is 0 Å². The van der Waals surface area contributed by atoms with Crippen molar-refractivity contribution in [3.05, 3.63) is 28.0 Å². The van der Waals surface area contributed by atoms with Gasteiger partial charge in [0.25, 0.3) is 5.89 Å². The van der Waals surface area contributed by atoms with Crippen LogP contribution in [0.3, 0.4) is 0 Å². The van der Waals surface area contributed by atoms with Gasteiger partial charge in [-0.1, -0.05) is 35.3 Å². The molecule has 1 aromatic heterocycles. The number of phenolic OH excluding ortho intramolecular Hbond substituents is 1. The Morgan fingerprint density at radius 3 is 2.44 bits per heavy atom. The zero-order valence-corrected chi connectivity index (χ0v) is 9.88. The molecule has 2 aromatic rings. The van der Waals surface area contributed by atoms with Gasteiger partial charge in [0.05, 0.1) is 10.0 Å². The summed E-state index contributed by atoms with van der Waals surface area (Å²) in [4.78, 5) is 4.13. The van der Waals surface area contributed by atoms with Crippen molar-refractivity contribution >= 4 is 23.2 Å². The van der Waals surface area contributed by atoms with Crippen LogP contribution >= 0.6 is 23.2 Å². The maximum Gasteiger partial charge on any atom is 0.258 e. The van der Waals surface area contributed by atoms with Gasteiger partial charge in [-0.3, -0.25) is 0 Å². The first-order valence-electron chi connectivity index (χ1n) is 4.62. The standard InChI is InChI=1S/C10H8Cl2N2O2/c1-2-8-13-10(16-14-8)5-3-6(11)9(15)7(12)4-5/h3-4,15H,2H2,1H3. The lowest BCUT2D eigenvalue weighted by atomic mass is 10.2. The van der Waals surface area contributed by atoms with E-state index in [9.17, 15) is 5.11 Å². The van der Waals surface area contributed by atoms with E-state index in [1.807, 2.05) is 6.92 Å². The molecule has 0 atom stereocenters. The first-order chi connectivity index (χ1) is 7.61. The summed E-state index contributed by atoms with van der Waals surface area (Å²) in [6.45, 7) is 1.92. The second kappa shape index (κ2) is 4.31. The minimum absolute atomic E-state index is 0.151. The molecule has 0 aliphatic heterocycles. The summed E-state index contributed by atoms with van der Waals surface area (Å²) < 4.78 is 5.03. The van der Waals surface area contributed by atoms with E-state index >= 15 is 0 Å². The molecule has 0 saturated heterocycles. The zero-order valence-electron chi connectivity index (χ0n) is 8.37. The molecule has 0 unspecified atom stereocenters. The monoisotopic (exact) mass is 258 g/mol. The smallest absolute Gasteiger partial charge is 0.258 e. The molecule has 0 fully saturated rings. The van der Waals surface area contributed by atoms with Crippen molar-refractivity contribution in [3.8, 4) is 17.2 Å². The summed E-state index contributed by atoms with van der Waals surface area (Å²) in [5.74, 6) is 0.790. The first kappa shape index (κ1) is 11.2. The number of benzene rings is 1. The molecule has 1 heterocycles. The van der Waals surface area contributed by atoms with Gasteiger partial charge in [0.15, 0.2) is 11.6 Å². The van der Waals surface area contributed by atoms with Crippen molar-refractivity contribution < 1.29 is 9.63 Å². The number of hydrogen-bond acceptors (Lipinski definition) is 4. The highest BCUT2D eigenvalue weighted by Gasteiger charge is 2.12. The molecule has 1 N–H and O–H groups in total. The Balaban J connectivity index is 2.48. The molecule has 0 amide bonds. The van der Waals surface area contributed by atoms with E-state index in [2.05, 4.69) is 10.1 Å². The Bertz CT molecular complexity index is 502. The van der Waals surface area contributed by atoms with Gasteiger partial charge < -0.3 is 9.63 Å². The number of phenols is 1. The predicted octanol–water partition coefficient (Wildman–Crippen LogP) is 3.31. The third kappa shape index (κ3) is 1.99. The maximum atomic E-state index is 9.40. The normalized spacial score (nSPS) is 10.7. The van der Waals surface area contributed by atoms with E-state index in [1.165, 1.54) is 12.1 Å². The number of aryl methyl sites for hydroxylation is 1. The molecule has 6 heteroatoms. The molecule has 0 aliphatic carbocycles. The van der Waals surface area contributed by atoms with Gasteiger partial charge in [-0.2, -0.15) is 4.98 Å². The Kier molecular flexibility index (Phi) is 3.03. The quantitative estimate of drug-likeness (QED) is 0.898. The highest BCUT2D eigenvalue weighted by molar-refractivity contribution is 6.37. The molecule has 1 aromatic carbocycles. The molecule has 2 rings (SSSR count). The van der Waals surface area contributed by atoms with Crippen LogP contribution in [0.2, 0.25) is 10.0 Å². The SMILES string of the molecule is CCc1noc(-c2cc(Cl)c(O)c(Cl)c2)n1. The van der Waals surface area contributed by atoms with Crippen LogP contribution in [-0.2, 0) is 6.42 Å². The minimum Gasteiger partial charge on any atom is -0.505 e. The summed E-state index contributed by atoms with van der Waals surface area (Å²) in [6.07, 6.45) is 0.684. The van der Waals surface area contributed by atoms with Crippen LogP contribution in [0.1, 0.15) is 12.7 Å². The molecule has 4 nitrogen and oxygen atoms in total. The van der Waals surface area contributed by atoms with Gasteiger partial charge in [0.1, 0.15) is 0 Å². The van der Waals surface area contributed by atoms with Crippen LogP contribution < -0.4 is 0 Å². The van der Waals surface area contributed by atoms with E-state index in [4.69, 9.17) is 27.7 Å². The Morgan fingerprint density at radius 1 is 1.31 bits per heavy atom. The van der Waals surface area contributed by atoms with Gasteiger partial charge in [0.2, 0.25) is 0 Å². The molecule has 0 radical (unpaired) electrons. The van der Waals surface area contributed by atoms with Crippen molar-refractivity contribution in [2.75, 3.05) is 0 Å². The molecular weight excluding hydrogens is 251 g/mol. The summed E-state index contributed by atoms with van der Waals surface area (Å²) in [6, 6.07) is 3.05. The third-order valence-corrected chi connectivity index (χ3v) is 2.62. The second-order valence-electron chi connectivity index (χ2n) is 3.16. The first-order valence-corrected chi connectivity index (χ1v) is 5.38. The number of rotatable bonds is 2. The van der Waals surface area contributed by atoms with Gasteiger partial charge in [-0.25, -0.2) is 0 Å². The lowest BCUT2D eigenvalue weighted by Gasteiger charge is -2.01. The molecule has 16 heavy (non-hydrogen) atoms. The van der Waals surface area contributed by atoms with Gasteiger partial charge in [-0.05, 0) is 12.1 Å². The molecule has 0 spiro atoms. The maximum absolute atomic E-state index is 9.40. The third-order valence-electron chi connectivity index (χ3n) is 2.05. The van der Waals surface area contributed by atoms with E-state index in [0.717, 1.165) is 0 Å². The van der Waals surface area contributed by atoms with Crippen molar-refractivity contribution in [2.24, 2.45) is 0 Å². The van der Waals surface area contributed by atoms with Gasteiger partial charge >= 0.3 is 0 Å². The fourth-order valence-electron chi connectivity index (χ4n) is 1.20. The zero-order chi connectivity index (χ0) is 11.7. The van der Waals surface area contributed by atoms with Crippen LogP contribution in [0.25, 0.3) is 11.5 Å². The number of aromatic hydroxyl groups is 1. The molecular formula is C10H8Cl2N2O2. The van der Waals surface area contributed by atoms with Crippen molar-refractivity contribution in [3.63, 3.8) is 0 Å². The van der Waals surface area contributed by atoms with Crippen LogP contribution in [0.4, 0.5) is 0 Å². The number of hydrogen-bond donors (Lipinski definition) is 1. The molecule has 0 saturated carbocycles. The average Bonchev–Trinajstić information content (AvgIpc) is 2.73. The molecule has 0 bridgehead atoms. The Morgan fingerprint density at radius 2 is 1.94 bits per heavy atom. The van der Waals surface area contributed by atoms with Crippen molar-refractivity contribution in [1.82, 2.24) is 10.1 Å². The van der Waals surface area contributed by atoms with Gasteiger partial charge in [0, 0.05) is 12.0 Å². The largest absolute Gasteiger partial charge is 0.505 e. The summed E-state index contributed by atoms with van der Waals surface area (Å²) in [5, 5.41) is 13.5. The summed E-state index contributed by atoms with van der Waals surface area (Å²) in [5.41, 5.74) is 0.583. The highest BCUT2D eigenvalue weighted by Crippen LogP contribution is 2.35. The predicted molar refractivity (Wildman–Crippen MR) is 60.8 cm³/mol. The van der Waals surface area contributed by atoms with Crippen molar-refractivity contribution in [1.29, 1.82) is 0 Å². The average molecular weight is 259 g/mol. The Labute approximate surface area is 102 Å². The molecule has 84 valence electrons.